The van der Waals surface area contributed by atoms with E-state index in [0.29, 0.717) is 0 Å². The van der Waals surface area contributed by atoms with Crippen LogP contribution in [0.4, 0.5) is 83.4 Å². The van der Waals surface area contributed by atoms with Crippen LogP contribution in [-0.2, 0) is 19.0 Å². The van der Waals surface area contributed by atoms with Gasteiger partial charge < -0.3 is 9.90 Å². The molecule has 0 radical (unpaired) electrons. The zero-order valence-corrected chi connectivity index (χ0v) is 17.2. The number of aliphatic carboxylic acids is 1. The zero-order chi connectivity index (χ0) is 28.2. The smallest absolute Gasteiger partial charge is 0.542 e. The number of carbonyl (C=O) groups is 1. The maximum absolute atomic E-state index is 13.0. The van der Waals surface area contributed by atoms with Gasteiger partial charge in [-0.25, -0.2) is 14.2 Å². The minimum atomic E-state index is -8.22. The van der Waals surface area contributed by atoms with E-state index in [4.69, 9.17) is 0 Å². The van der Waals surface area contributed by atoms with Crippen molar-refractivity contribution in [3.05, 3.63) is 0 Å². The van der Waals surface area contributed by atoms with E-state index in [-0.39, 0.29) is 29.6 Å². The normalized spacial score (nSPS) is 15.6. The minimum absolute atomic E-state index is 0. The Morgan fingerprint density at radius 2 is 0.714 bits per heavy atom. The zero-order valence-electron chi connectivity index (χ0n) is 15.2. The monoisotopic (exact) mass is 584 g/mol. The molecule has 0 aromatic heterocycles. The summed E-state index contributed by atoms with van der Waals surface area (Å²) in [5.74, 6) is -20.4. The van der Waals surface area contributed by atoms with Gasteiger partial charge in [-0.05, 0) is 0 Å². The number of alkyl halides is 19. The standard InChI is InChI=1S/C10HF19O5.Na/c11-2(12,1(30)31)32-7(22,23)8(24,25)34-10(28,29)9(26,27)33-6(20,21)4(15,16)3(13,14)5(17,18)19;/h(H,30,31);/q;+1/p-1. The molecule has 0 saturated heterocycles. The number of hydrogen-bond acceptors (Lipinski definition) is 5. The van der Waals surface area contributed by atoms with E-state index in [1.807, 2.05) is 0 Å². The number of hydrogen-bond donors (Lipinski definition) is 0. The summed E-state index contributed by atoms with van der Waals surface area (Å²) in [7, 11) is 0. The van der Waals surface area contributed by atoms with Gasteiger partial charge in [0.1, 0.15) is 5.97 Å². The fraction of sp³-hybridized carbons (Fsp3) is 0.900. The van der Waals surface area contributed by atoms with Crippen molar-refractivity contribution in [2.75, 3.05) is 0 Å². The molecule has 35 heavy (non-hydrogen) atoms. The molecule has 204 valence electrons. The third-order valence-corrected chi connectivity index (χ3v) is 2.80. The molecule has 0 saturated carbocycles. The molecule has 0 heterocycles. The number of halogens is 19. The minimum Gasteiger partial charge on any atom is -0.542 e. The van der Waals surface area contributed by atoms with Crippen molar-refractivity contribution in [3.8, 4) is 0 Å². The first-order chi connectivity index (χ1) is 14.3. The van der Waals surface area contributed by atoms with Gasteiger partial charge in [0.2, 0.25) is 0 Å². The maximum Gasteiger partial charge on any atom is 1.00 e. The first-order valence-electron chi connectivity index (χ1n) is 6.72. The third kappa shape index (κ3) is 6.87. The summed E-state index contributed by atoms with van der Waals surface area (Å²) >= 11 is 0. The van der Waals surface area contributed by atoms with Crippen molar-refractivity contribution in [2.45, 2.75) is 54.7 Å². The summed E-state index contributed by atoms with van der Waals surface area (Å²) in [6.45, 7) is 0. The molecule has 0 spiro atoms. The number of carboxylic acids is 1. The van der Waals surface area contributed by atoms with Crippen LogP contribution in [0.3, 0.4) is 0 Å². The van der Waals surface area contributed by atoms with Crippen molar-refractivity contribution >= 4 is 5.97 Å². The third-order valence-electron chi connectivity index (χ3n) is 2.80. The Balaban J connectivity index is 0. The first-order valence-corrected chi connectivity index (χ1v) is 6.72. The van der Waals surface area contributed by atoms with Crippen molar-refractivity contribution in [2.24, 2.45) is 0 Å². The molecule has 0 atom stereocenters. The Kier molecular flexibility index (Phi) is 10.0. The van der Waals surface area contributed by atoms with Crippen molar-refractivity contribution in [1.29, 1.82) is 0 Å². The molecule has 0 aliphatic heterocycles. The van der Waals surface area contributed by atoms with Gasteiger partial charge in [0, 0.05) is 0 Å². The maximum atomic E-state index is 13.0. The molecule has 0 unspecified atom stereocenters. The topological polar surface area (TPSA) is 67.8 Å². The van der Waals surface area contributed by atoms with E-state index in [9.17, 15) is 93.3 Å². The number of rotatable bonds is 11. The molecule has 25 heteroatoms. The summed E-state index contributed by atoms with van der Waals surface area (Å²) in [6.07, 6.45) is -53.2. The largest absolute Gasteiger partial charge is 1.00 e. The van der Waals surface area contributed by atoms with E-state index in [2.05, 4.69) is 0 Å². The van der Waals surface area contributed by atoms with Gasteiger partial charge in [0.15, 0.2) is 0 Å². The van der Waals surface area contributed by atoms with Crippen LogP contribution in [0.2, 0.25) is 0 Å². The average molecular weight is 584 g/mol. The van der Waals surface area contributed by atoms with E-state index in [0.717, 1.165) is 4.74 Å². The molecule has 0 aromatic carbocycles. The Morgan fingerprint density at radius 3 is 0.971 bits per heavy atom. The van der Waals surface area contributed by atoms with Gasteiger partial charge in [-0.1, -0.05) is 0 Å². The van der Waals surface area contributed by atoms with Crippen molar-refractivity contribution in [3.63, 3.8) is 0 Å². The molecule has 0 rings (SSSR count). The molecule has 0 amide bonds. The number of ether oxygens (including phenoxy) is 3. The van der Waals surface area contributed by atoms with Crippen LogP contribution < -0.4 is 34.7 Å². The summed E-state index contributed by atoms with van der Waals surface area (Å²) < 4.78 is 244. The molecule has 0 N–H and O–H groups in total. The van der Waals surface area contributed by atoms with Crippen molar-refractivity contribution < 1.29 is 137 Å². The molecule has 0 aliphatic carbocycles. The fourth-order valence-electron chi connectivity index (χ4n) is 1.19. The number of carbonyl (C=O) groups excluding carboxylic acids is 1. The number of carboxylic acid groups (broad SMARTS) is 1. The van der Waals surface area contributed by atoms with Crippen LogP contribution in [0.1, 0.15) is 0 Å². The molecule has 0 bridgehead atoms. The Labute approximate surface area is 198 Å². The molecular weight excluding hydrogens is 584 g/mol. The SMILES string of the molecule is O=C([O-])C(F)(F)OC(F)(F)C(F)(F)OC(F)(F)C(F)(F)OC(F)(F)C(F)(F)C(F)(F)C(F)(F)F.[Na+]. The molecular formula is C10F19NaO5. The summed E-state index contributed by atoms with van der Waals surface area (Å²) in [5, 5.41) is 9.68. The Morgan fingerprint density at radius 1 is 0.457 bits per heavy atom. The van der Waals surface area contributed by atoms with Crippen LogP contribution in [0.5, 0.6) is 0 Å². The van der Waals surface area contributed by atoms with E-state index in [1.165, 1.54) is 9.47 Å². The van der Waals surface area contributed by atoms with Gasteiger partial charge in [0.05, 0.1) is 0 Å². The van der Waals surface area contributed by atoms with Crippen LogP contribution in [0, 0.1) is 0 Å². The molecule has 5 nitrogen and oxygen atoms in total. The Bertz CT molecular complexity index is 762. The van der Waals surface area contributed by atoms with E-state index < -0.39 is 60.6 Å². The molecule has 0 aromatic rings. The Hall–Kier alpha value is -0.980. The summed E-state index contributed by atoms with van der Waals surface area (Å²) in [5.41, 5.74) is 0. The second kappa shape index (κ2) is 9.72. The van der Waals surface area contributed by atoms with Gasteiger partial charge in [-0.15, -0.1) is 0 Å². The summed E-state index contributed by atoms with van der Waals surface area (Å²) in [4.78, 5) is 9.68. The predicted molar refractivity (Wildman–Crippen MR) is 53.9 cm³/mol. The van der Waals surface area contributed by atoms with Gasteiger partial charge in [-0.3, -0.25) is 0 Å². The fourth-order valence-corrected chi connectivity index (χ4v) is 1.19. The van der Waals surface area contributed by atoms with Crippen LogP contribution in [0.15, 0.2) is 0 Å². The van der Waals surface area contributed by atoms with Crippen LogP contribution in [0.25, 0.3) is 0 Å². The molecule has 0 fully saturated rings. The quantitative estimate of drug-likeness (QED) is 0.270. The molecule has 0 aliphatic rings. The van der Waals surface area contributed by atoms with Gasteiger partial charge in [0.25, 0.3) is 0 Å². The van der Waals surface area contributed by atoms with E-state index >= 15 is 0 Å². The van der Waals surface area contributed by atoms with Crippen molar-refractivity contribution in [1.82, 2.24) is 0 Å². The second-order valence-corrected chi connectivity index (χ2v) is 5.34. The predicted octanol–water partition coefficient (Wildman–Crippen LogP) is 1.18. The average Bonchev–Trinajstić information content (AvgIpc) is 2.49. The van der Waals surface area contributed by atoms with E-state index in [1.54, 1.807) is 0 Å². The van der Waals surface area contributed by atoms with Crippen LogP contribution in [-0.4, -0.2) is 60.6 Å². The second-order valence-electron chi connectivity index (χ2n) is 5.34. The first kappa shape index (κ1) is 36.2. The van der Waals surface area contributed by atoms with Gasteiger partial charge >= 0.3 is 84.2 Å². The van der Waals surface area contributed by atoms with Gasteiger partial charge in [-0.2, -0.15) is 83.4 Å². The van der Waals surface area contributed by atoms with Crippen LogP contribution >= 0.6 is 0 Å². The summed E-state index contributed by atoms with van der Waals surface area (Å²) in [6, 6.07) is 0.